The molecule has 0 radical (unpaired) electrons. The Balaban J connectivity index is 2.42. The van der Waals surface area contributed by atoms with Gasteiger partial charge in [-0.15, -0.1) is 0 Å². The minimum Gasteiger partial charge on any atom is -0.393 e. The first kappa shape index (κ1) is 15.4. The molecule has 0 aromatic heterocycles. The van der Waals surface area contributed by atoms with Crippen molar-refractivity contribution in [2.75, 3.05) is 32.7 Å². The van der Waals surface area contributed by atoms with Gasteiger partial charge in [-0.2, -0.15) is 0 Å². The Bertz CT molecular complexity index is 288. The third-order valence-electron chi connectivity index (χ3n) is 3.12. The number of hydrogen-bond donors (Lipinski definition) is 1. The number of likely N-dealkylation sites (tertiary alicyclic amines) is 1. The maximum absolute atomic E-state index is 12.1. The first-order valence-corrected chi connectivity index (χ1v) is 7.18. The zero-order chi connectivity index (χ0) is 13.5. The highest BCUT2D eigenvalue weighted by molar-refractivity contribution is 7.80. The second-order valence-corrected chi connectivity index (χ2v) is 5.96. The standard InChI is InChI=1S/C13H25N3OS/c1-11(2)9-15(8-5-12(14)18)10-13(17)16-6-3-4-7-16/h11H,3-10H2,1-2H3,(H2,14,18). The van der Waals surface area contributed by atoms with Crippen molar-refractivity contribution in [3.63, 3.8) is 0 Å². The summed E-state index contributed by atoms with van der Waals surface area (Å²) in [6, 6.07) is 0. The van der Waals surface area contributed by atoms with Crippen molar-refractivity contribution in [1.29, 1.82) is 0 Å². The molecule has 0 spiro atoms. The minimum atomic E-state index is 0.246. The normalized spacial score (nSPS) is 15.7. The van der Waals surface area contributed by atoms with Crippen LogP contribution in [0, 0.1) is 5.92 Å². The van der Waals surface area contributed by atoms with E-state index >= 15 is 0 Å². The van der Waals surface area contributed by atoms with Crippen LogP contribution in [-0.4, -0.2) is 53.4 Å². The molecule has 1 saturated heterocycles. The molecule has 0 aliphatic carbocycles. The van der Waals surface area contributed by atoms with E-state index < -0.39 is 0 Å². The molecule has 18 heavy (non-hydrogen) atoms. The van der Waals surface area contributed by atoms with E-state index in [0.717, 1.165) is 39.0 Å². The Labute approximate surface area is 115 Å². The molecule has 4 nitrogen and oxygen atoms in total. The van der Waals surface area contributed by atoms with Crippen molar-refractivity contribution >= 4 is 23.1 Å². The van der Waals surface area contributed by atoms with Crippen LogP contribution in [0.5, 0.6) is 0 Å². The van der Waals surface area contributed by atoms with Gasteiger partial charge in [-0.3, -0.25) is 9.69 Å². The molecule has 2 N–H and O–H groups in total. The summed E-state index contributed by atoms with van der Waals surface area (Å²) in [5.41, 5.74) is 5.53. The average molecular weight is 271 g/mol. The smallest absolute Gasteiger partial charge is 0.236 e. The largest absolute Gasteiger partial charge is 0.393 e. The lowest BCUT2D eigenvalue weighted by atomic mass is 10.2. The zero-order valence-electron chi connectivity index (χ0n) is 11.5. The van der Waals surface area contributed by atoms with E-state index in [0.29, 0.717) is 23.9 Å². The van der Waals surface area contributed by atoms with Crippen LogP contribution < -0.4 is 5.73 Å². The summed E-state index contributed by atoms with van der Waals surface area (Å²) in [4.78, 5) is 16.8. The number of carbonyl (C=O) groups excluding carboxylic acids is 1. The van der Waals surface area contributed by atoms with E-state index in [2.05, 4.69) is 18.7 Å². The van der Waals surface area contributed by atoms with Crippen LogP contribution in [0.2, 0.25) is 0 Å². The highest BCUT2D eigenvalue weighted by Crippen LogP contribution is 2.09. The lowest BCUT2D eigenvalue weighted by Crippen LogP contribution is -2.41. The molecule has 1 heterocycles. The molecule has 0 atom stereocenters. The Kier molecular flexibility index (Phi) is 6.57. The van der Waals surface area contributed by atoms with E-state index in [4.69, 9.17) is 18.0 Å². The van der Waals surface area contributed by atoms with Crippen molar-refractivity contribution in [3.8, 4) is 0 Å². The molecular weight excluding hydrogens is 246 g/mol. The van der Waals surface area contributed by atoms with Gasteiger partial charge >= 0.3 is 0 Å². The summed E-state index contributed by atoms with van der Waals surface area (Å²) in [7, 11) is 0. The van der Waals surface area contributed by atoms with Gasteiger partial charge in [0.1, 0.15) is 0 Å². The highest BCUT2D eigenvalue weighted by Gasteiger charge is 2.20. The Morgan fingerprint density at radius 3 is 2.50 bits per heavy atom. The van der Waals surface area contributed by atoms with Crippen molar-refractivity contribution in [3.05, 3.63) is 0 Å². The fourth-order valence-corrected chi connectivity index (χ4v) is 2.37. The van der Waals surface area contributed by atoms with E-state index in [-0.39, 0.29) is 5.91 Å². The number of carbonyl (C=O) groups is 1. The summed E-state index contributed by atoms with van der Waals surface area (Å²) in [5.74, 6) is 0.791. The second-order valence-electron chi connectivity index (χ2n) is 5.43. The third kappa shape index (κ3) is 5.78. The molecule has 1 fully saturated rings. The quantitative estimate of drug-likeness (QED) is 0.708. The fourth-order valence-electron chi connectivity index (χ4n) is 2.28. The van der Waals surface area contributed by atoms with Gasteiger partial charge in [0.25, 0.3) is 0 Å². The number of thiocarbonyl (C=S) groups is 1. The number of amides is 1. The van der Waals surface area contributed by atoms with Crippen molar-refractivity contribution in [2.24, 2.45) is 11.7 Å². The number of hydrogen-bond acceptors (Lipinski definition) is 3. The molecule has 104 valence electrons. The SMILES string of the molecule is CC(C)CN(CCC(N)=S)CC(=O)N1CCCC1. The van der Waals surface area contributed by atoms with Gasteiger partial charge in [-0.25, -0.2) is 0 Å². The molecule has 0 saturated carbocycles. The summed E-state index contributed by atoms with van der Waals surface area (Å²) in [6.45, 7) is 8.37. The van der Waals surface area contributed by atoms with Gasteiger partial charge in [0.15, 0.2) is 0 Å². The van der Waals surface area contributed by atoms with Crippen molar-refractivity contribution in [1.82, 2.24) is 9.80 Å². The van der Waals surface area contributed by atoms with Crippen molar-refractivity contribution in [2.45, 2.75) is 33.1 Å². The van der Waals surface area contributed by atoms with Crippen LogP contribution in [0.25, 0.3) is 0 Å². The first-order valence-electron chi connectivity index (χ1n) is 6.77. The fraction of sp³-hybridized carbons (Fsp3) is 0.846. The Hall–Kier alpha value is -0.680. The molecular formula is C13H25N3OS. The number of nitrogens with zero attached hydrogens (tertiary/aromatic N) is 2. The van der Waals surface area contributed by atoms with E-state index in [1.54, 1.807) is 0 Å². The summed E-state index contributed by atoms with van der Waals surface area (Å²) < 4.78 is 0. The van der Waals surface area contributed by atoms with E-state index in [1.165, 1.54) is 0 Å². The van der Waals surface area contributed by atoms with Gasteiger partial charge in [0.05, 0.1) is 11.5 Å². The summed E-state index contributed by atoms with van der Waals surface area (Å²) in [6.07, 6.45) is 2.97. The number of rotatable bonds is 7. The molecule has 1 amide bonds. The van der Waals surface area contributed by atoms with Gasteiger partial charge in [0.2, 0.25) is 5.91 Å². The third-order valence-corrected chi connectivity index (χ3v) is 3.32. The molecule has 0 aromatic carbocycles. The second kappa shape index (κ2) is 7.69. The van der Waals surface area contributed by atoms with Gasteiger partial charge in [-0.05, 0) is 18.8 Å². The molecule has 1 aliphatic heterocycles. The predicted octanol–water partition coefficient (Wildman–Crippen LogP) is 1.24. The highest BCUT2D eigenvalue weighted by atomic mass is 32.1. The van der Waals surface area contributed by atoms with Crippen LogP contribution >= 0.6 is 12.2 Å². The van der Waals surface area contributed by atoms with Crippen LogP contribution in [0.4, 0.5) is 0 Å². The summed E-state index contributed by atoms with van der Waals surface area (Å²) >= 11 is 4.90. The van der Waals surface area contributed by atoms with Crippen molar-refractivity contribution < 1.29 is 4.79 Å². The molecule has 5 heteroatoms. The monoisotopic (exact) mass is 271 g/mol. The maximum Gasteiger partial charge on any atom is 0.236 e. The molecule has 0 aromatic rings. The molecule has 0 unspecified atom stereocenters. The Morgan fingerprint density at radius 2 is 2.00 bits per heavy atom. The lowest BCUT2D eigenvalue weighted by Gasteiger charge is -2.26. The van der Waals surface area contributed by atoms with Gasteiger partial charge in [-0.1, -0.05) is 26.1 Å². The predicted molar refractivity (Wildman–Crippen MR) is 78.5 cm³/mol. The molecule has 1 rings (SSSR count). The summed E-state index contributed by atoms with van der Waals surface area (Å²) in [5, 5.41) is 0. The minimum absolute atomic E-state index is 0.246. The molecule has 1 aliphatic rings. The van der Waals surface area contributed by atoms with Crippen LogP contribution in [0.3, 0.4) is 0 Å². The van der Waals surface area contributed by atoms with Gasteiger partial charge in [0, 0.05) is 32.6 Å². The molecule has 0 bridgehead atoms. The van der Waals surface area contributed by atoms with Crippen LogP contribution in [0.15, 0.2) is 0 Å². The van der Waals surface area contributed by atoms with Crippen LogP contribution in [-0.2, 0) is 4.79 Å². The Morgan fingerprint density at radius 1 is 1.39 bits per heavy atom. The van der Waals surface area contributed by atoms with Gasteiger partial charge < -0.3 is 10.6 Å². The first-order chi connectivity index (χ1) is 8.49. The zero-order valence-corrected chi connectivity index (χ0v) is 12.3. The lowest BCUT2D eigenvalue weighted by molar-refractivity contribution is -0.131. The topological polar surface area (TPSA) is 49.6 Å². The number of nitrogens with two attached hydrogens (primary N) is 1. The average Bonchev–Trinajstić information content (AvgIpc) is 2.78. The maximum atomic E-state index is 12.1. The van der Waals surface area contributed by atoms with Crippen LogP contribution in [0.1, 0.15) is 33.1 Å². The van der Waals surface area contributed by atoms with E-state index in [1.807, 2.05) is 4.90 Å². The van der Waals surface area contributed by atoms with E-state index in [9.17, 15) is 4.79 Å².